The highest BCUT2D eigenvalue weighted by atomic mass is 19.1. The zero-order chi connectivity index (χ0) is 13.3. The molecule has 3 nitrogen and oxygen atoms in total. The van der Waals surface area contributed by atoms with Crippen molar-refractivity contribution in [1.29, 1.82) is 0 Å². The van der Waals surface area contributed by atoms with Crippen LogP contribution in [0.5, 0.6) is 0 Å². The van der Waals surface area contributed by atoms with Crippen LogP contribution in [0.1, 0.15) is 24.9 Å². The third-order valence-corrected chi connectivity index (χ3v) is 3.72. The van der Waals surface area contributed by atoms with Crippen LogP contribution in [0, 0.1) is 5.82 Å². The van der Waals surface area contributed by atoms with Gasteiger partial charge in [0.05, 0.1) is 0 Å². The zero-order valence-corrected chi connectivity index (χ0v) is 11.4. The van der Waals surface area contributed by atoms with Crippen LogP contribution in [0.15, 0.2) is 18.2 Å². The van der Waals surface area contributed by atoms with Gasteiger partial charge in [-0.05, 0) is 39.6 Å². The molecule has 1 aromatic carbocycles. The predicted molar refractivity (Wildman–Crippen MR) is 73.3 cm³/mol. The Labute approximate surface area is 108 Å². The quantitative estimate of drug-likeness (QED) is 0.891. The van der Waals surface area contributed by atoms with E-state index in [1.54, 1.807) is 6.07 Å². The third-order valence-electron chi connectivity index (χ3n) is 3.72. The van der Waals surface area contributed by atoms with Crippen LogP contribution in [-0.2, 0) is 0 Å². The number of nitrogens with two attached hydrogens (primary N) is 1. The molecular formula is C14H22FN3. The summed E-state index contributed by atoms with van der Waals surface area (Å²) in [5.41, 5.74) is 7.49. The first-order chi connectivity index (χ1) is 8.50. The van der Waals surface area contributed by atoms with Crippen LogP contribution in [0.25, 0.3) is 0 Å². The number of hydrogen-bond acceptors (Lipinski definition) is 3. The lowest BCUT2D eigenvalue weighted by atomic mass is 10.1. The molecule has 2 N–H and O–H groups in total. The number of likely N-dealkylation sites (N-methyl/N-ethyl adjacent to an activating group) is 1. The molecule has 0 radical (unpaired) electrons. The van der Waals surface area contributed by atoms with Crippen LogP contribution in [0.4, 0.5) is 10.1 Å². The number of halogens is 1. The molecule has 0 amide bonds. The Hall–Kier alpha value is -1.13. The van der Waals surface area contributed by atoms with Crippen LogP contribution in [0.2, 0.25) is 0 Å². The zero-order valence-electron chi connectivity index (χ0n) is 11.4. The summed E-state index contributed by atoms with van der Waals surface area (Å²) in [5.74, 6) is -0.198. The highest BCUT2D eigenvalue weighted by Gasteiger charge is 2.26. The lowest BCUT2D eigenvalue weighted by molar-refractivity contribution is 0.315. The van der Waals surface area contributed by atoms with Gasteiger partial charge in [-0.2, -0.15) is 0 Å². The normalized spacial score (nSPS) is 21.7. The molecule has 18 heavy (non-hydrogen) atoms. The standard InChI is InChI=1S/C14H22FN3/c1-10(16)14-12(15)5-4-6-13(14)18-8-7-11(9-18)17(2)3/h4-6,10-11H,7-9,16H2,1-3H3/t10-,11?/m0/s1. The third kappa shape index (κ3) is 2.49. The monoisotopic (exact) mass is 251 g/mol. The van der Waals surface area contributed by atoms with Gasteiger partial charge in [0.1, 0.15) is 5.82 Å². The van der Waals surface area contributed by atoms with Crippen molar-refractivity contribution in [2.75, 3.05) is 32.1 Å². The Bertz CT molecular complexity index is 418. The summed E-state index contributed by atoms with van der Waals surface area (Å²) in [6.45, 7) is 3.74. The Morgan fingerprint density at radius 2 is 2.17 bits per heavy atom. The molecule has 1 heterocycles. The van der Waals surface area contributed by atoms with Crippen molar-refractivity contribution in [2.24, 2.45) is 5.73 Å². The van der Waals surface area contributed by atoms with Crippen molar-refractivity contribution < 1.29 is 4.39 Å². The minimum Gasteiger partial charge on any atom is -0.370 e. The van der Waals surface area contributed by atoms with Crippen molar-refractivity contribution in [3.05, 3.63) is 29.6 Å². The largest absolute Gasteiger partial charge is 0.370 e. The van der Waals surface area contributed by atoms with Crippen LogP contribution >= 0.6 is 0 Å². The molecule has 0 saturated carbocycles. The molecule has 0 aromatic heterocycles. The molecule has 1 aliphatic heterocycles. The summed E-state index contributed by atoms with van der Waals surface area (Å²) in [7, 11) is 4.18. The van der Waals surface area contributed by atoms with Gasteiger partial charge in [-0.25, -0.2) is 4.39 Å². The maximum Gasteiger partial charge on any atom is 0.130 e. The van der Waals surface area contributed by atoms with Gasteiger partial charge in [-0.15, -0.1) is 0 Å². The van der Waals surface area contributed by atoms with Gasteiger partial charge < -0.3 is 15.5 Å². The van der Waals surface area contributed by atoms with Crippen molar-refractivity contribution in [2.45, 2.75) is 25.4 Å². The molecule has 1 aromatic rings. The van der Waals surface area contributed by atoms with E-state index in [0.717, 1.165) is 25.2 Å². The van der Waals surface area contributed by atoms with E-state index in [2.05, 4.69) is 23.9 Å². The fourth-order valence-electron chi connectivity index (χ4n) is 2.63. The Morgan fingerprint density at radius 1 is 1.44 bits per heavy atom. The van der Waals surface area contributed by atoms with Crippen molar-refractivity contribution in [3.8, 4) is 0 Å². The second-order valence-corrected chi connectivity index (χ2v) is 5.31. The van der Waals surface area contributed by atoms with Crippen molar-refractivity contribution >= 4 is 5.69 Å². The van der Waals surface area contributed by atoms with Gasteiger partial charge in [-0.3, -0.25) is 0 Å². The summed E-state index contributed by atoms with van der Waals surface area (Å²) >= 11 is 0. The van der Waals surface area contributed by atoms with E-state index in [9.17, 15) is 4.39 Å². The second-order valence-electron chi connectivity index (χ2n) is 5.31. The van der Waals surface area contributed by atoms with Gasteiger partial charge in [0.2, 0.25) is 0 Å². The summed E-state index contributed by atoms with van der Waals surface area (Å²) in [5, 5.41) is 0. The fourth-order valence-corrected chi connectivity index (χ4v) is 2.63. The molecule has 1 saturated heterocycles. The summed E-state index contributed by atoms with van der Waals surface area (Å²) in [4.78, 5) is 4.47. The molecule has 2 atom stereocenters. The number of anilines is 1. The Balaban J connectivity index is 2.27. The van der Waals surface area contributed by atoms with Gasteiger partial charge >= 0.3 is 0 Å². The average molecular weight is 251 g/mol. The molecule has 4 heteroatoms. The SMILES string of the molecule is C[C@H](N)c1c(F)cccc1N1CCC(N(C)C)C1. The highest BCUT2D eigenvalue weighted by molar-refractivity contribution is 5.56. The molecule has 2 rings (SSSR count). The van der Waals surface area contributed by atoms with E-state index >= 15 is 0 Å². The molecule has 0 bridgehead atoms. The number of nitrogens with zero attached hydrogens (tertiary/aromatic N) is 2. The predicted octanol–water partition coefficient (Wildman–Crippen LogP) is 1.99. The first-order valence-corrected chi connectivity index (χ1v) is 6.46. The minimum atomic E-state index is -0.278. The van der Waals surface area contributed by atoms with E-state index in [4.69, 9.17) is 5.73 Å². The van der Waals surface area contributed by atoms with Crippen molar-refractivity contribution in [3.63, 3.8) is 0 Å². The Morgan fingerprint density at radius 3 is 2.72 bits per heavy atom. The topological polar surface area (TPSA) is 32.5 Å². The van der Waals surface area contributed by atoms with Crippen LogP contribution < -0.4 is 10.6 Å². The van der Waals surface area contributed by atoms with E-state index in [1.165, 1.54) is 6.07 Å². The maximum absolute atomic E-state index is 13.9. The number of hydrogen-bond donors (Lipinski definition) is 1. The minimum absolute atomic E-state index is 0.198. The van der Waals surface area contributed by atoms with E-state index in [0.29, 0.717) is 11.6 Å². The summed E-state index contributed by atoms with van der Waals surface area (Å²) < 4.78 is 13.9. The molecule has 0 spiro atoms. The fraction of sp³-hybridized carbons (Fsp3) is 0.571. The number of rotatable bonds is 3. The van der Waals surface area contributed by atoms with E-state index in [-0.39, 0.29) is 11.9 Å². The average Bonchev–Trinajstić information content (AvgIpc) is 2.77. The lowest BCUT2D eigenvalue weighted by Gasteiger charge is -2.25. The number of benzene rings is 1. The van der Waals surface area contributed by atoms with Gasteiger partial charge in [-0.1, -0.05) is 6.07 Å². The molecule has 0 aliphatic carbocycles. The first kappa shape index (κ1) is 13.3. The van der Waals surface area contributed by atoms with Crippen LogP contribution in [-0.4, -0.2) is 38.1 Å². The van der Waals surface area contributed by atoms with E-state index < -0.39 is 0 Å². The molecule has 100 valence electrons. The molecule has 1 aliphatic rings. The van der Waals surface area contributed by atoms with Crippen LogP contribution in [0.3, 0.4) is 0 Å². The van der Waals surface area contributed by atoms with E-state index in [1.807, 2.05) is 13.0 Å². The van der Waals surface area contributed by atoms with Gasteiger partial charge in [0.15, 0.2) is 0 Å². The second kappa shape index (κ2) is 5.24. The van der Waals surface area contributed by atoms with Gasteiger partial charge in [0, 0.05) is 36.4 Å². The first-order valence-electron chi connectivity index (χ1n) is 6.46. The Kier molecular flexibility index (Phi) is 3.88. The molecule has 1 unspecified atom stereocenters. The summed E-state index contributed by atoms with van der Waals surface area (Å²) in [6.07, 6.45) is 1.11. The summed E-state index contributed by atoms with van der Waals surface area (Å²) in [6, 6.07) is 5.48. The lowest BCUT2D eigenvalue weighted by Crippen LogP contribution is -2.32. The smallest absolute Gasteiger partial charge is 0.130 e. The highest BCUT2D eigenvalue weighted by Crippen LogP contribution is 2.30. The maximum atomic E-state index is 13.9. The molecular weight excluding hydrogens is 229 g/mol. The van der Waals surface area contributed by atoms with Gasteiger partial charge in [0.25, 0.3) is 0 Å². The van der Waals surface area contributed by atoms with Crippen molar-refractivity contribution in [1.82, 2.24) is 4.90 Å². The molecule has 1 fully saturated rings.